The van der Waals surface area contributed by atoms with Gasteiger partial charge in [-0.2, -0.15) is 0 Å². The number of nitrogens with one attached hydrogen (secondary N) is 3. The van der Waals surface area contributed by atoms with Crippen molar-refractivity contribution in [3.63, 3.8) is 0 Å². The van der Waals surface area contributed by atoms with Gasteiger partial charge in [0.2, 0.25) is 37.7 Å². The van der Waals surface area contributed by atoms with Gasteiger partial charge in [0.25, 0.3) is 5.91 Å². The maximum absolute atomic E-state index is 14.7. The van der Waals surface area contributed by atoms with E-state index in [-0.39, 0.29) is 30.2 Å². The maximum Gasteiger partial charge on any atom is 0.259 e. The number of amides is 3. The summed E-state index contributed by atoms with van der Waals surface area (Å²) < 4.78 is 63.1. The van der Waals surface area contributed by atoms with Gasteiger partial charge in [0, 0.05) is 33.8 Å². The molecule has 1 aliphatic heterocycles. The van der Waals surface area contributed by atoms with Gasteiger partial charge < -0.3 is 25.0 Å². The van der Waals surface area contributed by atoms with Crippen LogP contribution in [0, 0.1) is 11.3 Å². The number of nitrogens with two attached hydrogens (primary N) is 1. The summed E-state index contributed by atoms with van der Waals surface area (Å²) in [4.78, 5) is 48.2. The number of pyridine rings is 1. The van der Waals surface area contributed by atoms with E-state index < -0.39 is 78.1 Å². The molecule has 2 aromatic carbocycles. The van der Waals surface area contributed by atoms with Gasteiger partial charge in [-0.1, -0.05) is 38.4 Å². The highest BCUT2D eigenvalue weighted by atomic mass is 35.5. The van der Waals surface area contributed by atoms with Crippen LogP contribution < -0.4 is 30.0 Å². The Kier molecular flexibility index (Phi) is 10.4. The number of likely N-dealkylation sites (tertiary alicyclic amines) is 1. The number of rotatable bonds is 13. The van der Waals surface area contributed by atoms with Crippen molar-refractivity contribution in [2.24, 2.45) is 16.5 Å². The van der Waals surface area contributed by atoms with Gasteiger partial charge in [-0.25, -0.2) is 27.0 Å². The molecule has 2 saturated carbocycles. The number of hydrogen-bond donors (Lipinski definition) is 4. The topological polar surface area (TPSA) is 216 Å². The lowest BCUT2D eigenvalue weighted by atomic mass is 9.85. The second kappa shape index (κ2) is 14.3. The summed E-state index contributed by atoms with van der Waals surface area (Å²) in [5.74, 6) is -1.89. The number of methoxy groups -OCH3 is 1. The standard InChI is InChI=1S/C36H43ClN6O9S2/c1-6-20-17-36(20,34(46)42-54(49,50)25-12-13-25)41-31(44)28-16-23(52-32-27-15-21(37)7-14-26(27)29(51-5)18-39-32)19-43(28)33(45)30(35(2,3)4)40-22-8-10-24(11-9-22)53(38,47)48/h6-11,14-15,18,20,23,25,28,30,40H,1,12-13,16-17,19H2,2-5H3,(H,41,44)(H,42,46)(H2,38,47,48)/t20-,23-,28+,30-,36-/m1/s1. The molecule has 2 heterocycles. The first kappa shape index (κ1) is 39.2. The number of benzene rings is 2. The summed E-state index contributed by atoms with van der Waals surface area (Å²) in [7, 11) is -6.37. The zero-order chi connectivity index (χ0) is 39.4. The van der Waals surface area contributed by atoms with Crippen LogP contribution >= 0.6 is 11.6 Å². The number of primary sulfonamides is 1. The molecule has 5 N–H and O–H groups in total. The second-order valence-corrected chi connectivity index (χ2v) is 19.0. The molecule has 0 spiro atoms. The number of hydrogen-bond acceptors (Lipinski definition) is 11. The molecule has 3 aliphatic rings. The number of aromatic nitrogens is 1. The van der Waals surface area contributed by atoms with E-state index in [1.165, 1.54) is 48.5 Å². The molecule has 5 atom stereocenters. The molecule has 18 heteroatoms. The van der Waals surface area contributed by atoms with Crippen molar-refractivity contribution in [2.75, 3.05) is 19.0 Å². The lowest BCUT2D eigenvalue weighted by Gasteiger charge is -2.36. The number of carbonyl (C=O) groups excluding carboxylic acids is 3. The van der Waals surface area contributed by atoms with Crippen LogP contribution in [0.3, 0.4) is 0 Å². The Balaban J connectivity index is 1.32. The van der Waals surface area contributed by atoms with Crippen molar-refractivity contribution in [3.8, 4) is 11.6 Å². The number of fused-ring (bicyclic) bond motifs is 1. The third-order valence-corrected chi connectivity index (χ3v) is 13.0. The van der Waals surface area contributed by atoms with E-state index in [2.05, 4.69) is 26.9 Å². The predicted molar refractivity (Wildman–Crippen MR) is 202 cm³/mol. The van der Waals surface area contributed by atoms with Crippen LogP contribution in [0.5, 0.6) is 11.6 Å². The average molecular weight is 803 g/mol. The second-order valence-electron chi connectivity index (χ2n) is 15.0. The number of nitrogens with zero attached hydrogens (tertiary/aromatic N) is 2. The van der Waals surface area contributed by atoms with Gasteiger partial charge in [-0.15, -0.1) is 6.58 Å². The van der Waals surface area contributed by atoms with E-state index in [4.69, 9.17) is 26.2 Å². The minimum atomic E-state index is -3.96. The number of sulfonamides is 2. The summed E-state index contributed by atoms with van der Waals surface area (Å²) in [5.41, 5.74) is -1.90. The Morgan fingerprint density at radius 3 is 2.35 bits per heavy atom. The van der Waals surface area contributed by atoms with Crippen molar-refractivity contribution >= 4 is 65.8 Å². The van der Waals surface area contributed by atoms with Crippen molar-refractivity contribution < 1.29 is 40.7 Å². The molecule has 54 heavy (non-hydrogen) atoms. The Bertz CT molecular complexity index is 2230. The zero-order valence-electron chi connectivity index (χ0n) is 30.2. The molecule has 1 aromatic heterocycles. The molecular formula is C36H43ClN6O9S2. The van der Waals surface area contributed by atoms with Crippen LogP contribution in [0.15, 0.2) is 66.2 Å². The van der Waals surface area contributed by atoms with Crippen LogP contribution in [-0.2, 0) is 34.4 Å². The Morgan fingerprint density at radius 1 is 1.09 bits per heavy atom. The van der Waals surface area contributed by atoms with Gasteiger partial charge in [0.1, 0.15) is 29.5 Å². The van der Waals surface area contributed by atoms with Crippen molar-refractivity contribution in [2.45, 2.75) is 80.3 Å². The lowest BCUT2D eigenvalue weighted by Crippen LogP contribution is -2.58. The number of halogens is 1. The molecule has 3 amide bonds. The minimum Gasteiger partial charge on any atom is -0.494 e. The van der Waals surface area contributed by atoms with Gasteiger partial charge >= 0.3 is 0 Å². The van der Waals surface area contributed by atoms with Crippen LogP contribution in [0.1, 0.15) is 46.5 Å². The molecule has 290 valence electrons. The minimum absolute atomic E-state index is 0.00983. The van der Waals surface area contributed by atoms with Crippen molar-refractivity contribution in [1.29, 1.82) is 0 Å². The predicted octanol–water partition coefficient (Wildman–Crippen LogP) is 3.09. The Morgan fingerprint density at radius 2 is 1.78 bits per heavy atom. The molecule has 15 nitrogen and oxygen atoms in total. The Labute approximate surface area is 319 Å². The normalized spacial score (nSPS) is 23.3. The molecule has 0 bridgehead atoms. The molecule has 3 aromatic rings. The SMILES string of the molecule is C=C[C@@H]1C[C@]1(NC(=O)[C@@H]1C[C@@H](Oc2ncc(OC)c3ccc(Cl)cc23)CN1C(=O)[C@@H](Nc1ccc(S(N)(=O)=O)cc1)C(C)(C)C)C(=O)NS(=O)(=O)C1CC1. The highest BCUT2D eigenvalue weighted by Gasteiger charge is 2.62. The average Bonchev–Trinajstić information content (AvgIpc) is 4.03. The fourth-order valence-corrected chi connectivity index (χ4v) is 8.75. The summed E-state index contributed by atoms with van der Waals surface area (Å²) in [6.07, 6.45) is 3.21. The van der Waals surface area contributed by atoms with Gasteiger partial charge in [-0.3, -0.25) is 19.1 Å². The molecule has 1 saturated heterocycles. The summed E-state index contributed by atoms with van der Waals surface area (Å²) in [6, 6.07) is 8.62. The molecule has 2 aliphatic carbocycles. The van der Waals surface area contributed by atoms with Crippen LogP contribution in [0.25, 0.3) is 10.8 Å². The maximum atomic E-state index is 14.7. The Hall–Kier alpha value is -4.45. The van der Waals surface area contributed by atoms with E-state index in [0.29, 0.717) is 40.1 Å². The monoisotopic (exact) mass is 802 g/mol. The summed E-state index contributed by atoms with van der Waals surface area (Å²) >= 11 is 6.33. The van der Waals surface area contributed by atoms with Gasteiger partial charge in [0.05, 0.1) is 30.0 Å². The number of ether oxygens (including phenoxy) is 2. The summed E-state index contributed by atoms with van der Waals surface area (Å²) in [6.45, 7) is 9.19. The van der Waals surface area contributed by atoms with E-state index in [0.717, 1.165) is 0 Å². The van der Waals surface area contributed by atoms with Gasteiger partial charge in [0.15, 0.2) is 0 Å². The van der Waals surface area contributed by atoms with E-state index in [1.807, 2.05) is 20.8 Å². The molecular weight excluding hydrogens is 760 g/mol. The third kappa shape index (κ3) is 7.99. The fourth-order valence-electron chi connectivity index (χ4n) is 6.70. The summed E-state index contributed by atoms with van der Waals surface area (Å²) in [5, 5.41) is 12.2. The zero-order valence-corrected chi connectivity index (χ0v) is 32.6. The molecule has 0 radical (unpaired) electrons. The van der Waals surface area contributed by atoms with E-state index in [9.17, 15) is 31.2 Å². The highest BCUT2D eigenvalue weighted by molar-refractivity contribution is 7.91. The quantitative estimate of drug-likeness (QED) is 0.184. The smallest absolute Gasteiger partial charge is 0.259 e. The first-order chi connectivity index (χ1) is 25.3. The largest absolute Gasteiger partial charge is 0.494 e. The molecule has 0 unspecified atom stereocenters. The van der Waals surface area contributed by atoms with Crippen molar-refractivity contribution in [1.82, 2.24) is 19.9 Å². The lowest BCUT2D eigenvalue weighted by molar-refractivity contribution is -0.141. The first-order valence-electron chi connectivity index (χ1n) is 17.3. The number of anilines is 1. The van der Waals surface area contributed by atoms with E-state index in [1.54, 1.807) is 18.2 Å². The van der Waals surface area contributed by atoms with Crippen molar-refractivity contribution in [3.05, 3.63) is 66.3 Å². The van der Waals surface area contributed by atoms with E-state index >= 15 is 0 Å². The number of carbonyl (C=O) groups is 3. The van der Waals surface area contributed by atoms with Crippen LogP contribution in [-0.4, -0.2) is 87.1 Å². The fraction of sp³-hybridized carbons (Fsp3) is 0.444. The van der Waals surface area contributed by atoms with Gasteiger partial charge in [-0.05, 0) is 67.1 Å². The van der Waals surface area contributed by atoms with Crippen LogP contribution in [0.4, 0.5) is 5.69 Å². The molecule has 6 rings (SSSR count). The third-order valence-electron chi connectivity index (χ3n) is 9.98. The van der Waals surface area contributed by atoms with Crippen LogP contribution in [0.2, 0.25) is 5.02 Å². The molecule has 3 fully saturated rings. The highest BCUT2D eigenvalue weighted by Crippen LogP contribution is 2.46. The first-order valence-corrected chi connectivity index (χ1v) is 20.7.